The first kappa shape index (κ1) is 19.7. The van der Waals surface area contributed by atoms with Gasteiger partial charge in [0.2, 0.25) is 5.91 Å². The summed E-state index contributed by atoms with van der Waals surface area (Å²) in [7, 11) is 1.64. The number of para-hydroxylation sites is 1. The van der Waals surface area contributed by atoms with E-state index >= 15 is 0 Å². The van der Waals surface area contributed by atoms with Crippen molar-refractivity contribution in [1.29, 1.82) is 0 Å². The van der Waals surface area contributed by atoms with Gasteiger partial charge in [-0.2, -0.15) is 5.10 Å². The van der Waals surface area contributed by atoms with Gasteiger partial charge in [-0.1, -0.05) is 36.4 Å². The minimum Gasteiger partial charge on any atom is -0.497 e. The second-order valence-electron chi connectivity index (χ2n) is 7.31. The number of hydrazone groups is 1. The second kappa shape index (κ2) is 8.41. The topological polar surface area (TPSA) is 88.2 Å². The molecule has 2 aromatic rings. The summed E-state index contributed by atoms with van der Waals surface area (Å²) >= 11 is 0. The van der Waals surface area contributed by atoms with Crippen LogP contribution in [0.5, 0.6) is 5.75 Å². The maximum atomic E-state index is 13.0. The van der Waals surface area contributed by atoms with E-state index in [0.29, 0.717) is 18.8 Å². The molecule has 2 aromatic carbocycles. The summed E-state index contributed by atoms with van der Waals surface area (Å²) in [4.78, 5) is 26.7. The summed E-state index contributed by atoms with van der Waals surface area (Å²) in [5.74, 6) is 0.175. The average molecular weight is 404 g/mol. The quantitative estimate of drug-likeness (QED) is 0.829. The first-order valence-electron chi connectivity index (χ1n) is 9.90. The number of carbonyl (C=O) groups excluding carboxylic acids is 2. The first-order chi connectivity index (χ1) is 14.6. The summed E-state index contributed by atoms with van der Waals surface area (Å²) < 4.78 is 5.21. The van der Waals surface area contributed by atoms with Crippen molar-refractivity contribution in [2.45, 2.75) is 18.9 Å². The third-order valence-electron chi connectivity index (χ3n) is 5.46. The predicted molar refractivity (Wildman–Crippen MR) is 116 cm³/mol. The van der Waals surface area contributed by atoms with Crippen LogP contribution in [0.25, 0.3) is 5.57 Å². The highest BCUT2D eigenvalue weighted by molar-refractivity contribution is 6.40. The van der Waals surface area contributed by atoms with Gasteiger partial charge in [0.05, 0.1) is 12.8 Å². The fourth-order valence-electron chi connectivity index (χ4n) is 3.78. The van der Waals surface area contributed by atoms with Gasteiger partial charge in [-0.15, -0.1) is 0 Å². The summed E-state index contributed by atoms with van der Waals surface area (Å²) in [6.07, 6.45) is 3.04. The van der Waals surface area contributed by atoms with Crippen LogP contribution >= 0.6 is 0 Å². The summed E-state index contributed by atoms with van der Waals surface area (Å²) in [5.41, 5.74) is 9.01. The molecule has 0 fully saturated rings. The number of hydrogen-bond acceptors (Lipinski definition) is 5. The molecule has 0 bridgehead atoms. The number of nitrogens with two attached hydrogens (primary N) is 1. The van der Waals surface area contributed by atoms with Crippen LogP contribution < -0.4 is 15.5 Å². The van der Waals surface area contributed by atoms with Crippen LogP contribution in [0, 0.1) is 0 Å². The highest BCUT2D eigenvalue weighted by atomic mass is 16.5. The highest BCUT2D eigenvalue weighted by Gasteiger charge is 2.36. The average Bonchev–Trinajstić information content (AvgIpc) is 3.25. The lowest BCUT2D eigenvalue weighted by Crippen LogP contribution is -2.41. The van der Waals surface area contributed by atoms with Crippen molar-refractivity contribution >= 4 is 28.8 Å². The standard InChI is InChI=1S/C23H24N4O3/c1-30-19-9-7-16(8-10-19)17-11-13-26(14-12-17)23(29)20-15-21(22(24)28)27(25-20)18-5-3-2-4-6-18/h2-11,21H,12-15H2,1H3,(H2,24,28). The summed E-state index contributed by atoms with van der Waals surface area (Å²) in [6.45, 7) is 1.11. The van der Waals surface area contributed by atoms with E-state index in [1.165, 1.54) is 5.57 Å². The molecule has 0 aliphatic carbocycles. The number of amides is 2. The number of nitrogens with zero attached hydrogens (tertiary/aromatic N) is 3. The van der Waals surface area contributed by atoms with Crippen LogP contribution in [0.15, 0.2) is 65.8 Å². The largest absolute Gasteiger partial charge is 0.497 e. The zero-order chi connectivity index (χ0) is 21.1. The van der Waals surface area contributed by atoms with Gasteiger partial charge in [0.1, 0.15) is 17.5 Å². The lowest BCUT2D eigenvalue weighted by atomic mass is 9.99. The summed E-state index contributed by atoms with van der Waals surface area (Å²) in [6, 6.07) is 16.6. The molecule has 1 atom stereocenters. The Morgan fingerprint density at radius 3 is 2.43 bits per heavy atom. The van der Waals surface area contributed by atoms with Crippen molar-refractivity contribution in [2.24, 2.45) is 10.8 Å². The Morgan fingerprint density at radius 1 is 1.10 bits per heavy atom. The lowest BCUT2D eigenvalue weighted by molar-refractivity contribution is -0.123. The van der Waals surface area contributed by atoms with Gasteiger partial charge >= 0.3 is 0 Å². The maximum absolute atomic E-state index is 13.0. The Bertz CT molecular complexity index is 999. The maximum Gasteiger partial charge on any atom is 0.270 e. The van der Waals surface area contributed by atoms with E-state index in [0.717, 1.165) is 23.4 Å². The number of anilines is 1. The SMILES string of the molecule is COc1ccc(C2=CCN(C(=O)C3=NN(c4ccccc4)C(C(N)=O)C3)CC2)cc1. The van der Waals surface area contributed by atoms with E-state index in [9.17, 15) is 9.59 Å². The van der Waals surface area contributed by atoms with Gasteiger partial charge in [0, 0.05) is 19.5 Å². The smallest absolute Gasteiger partial charge is 0.270 e. The van der Waals surface area contributed by atoms with Crippen LogP contribution in [0.3, 0.4) is 0 Å². The predicted octanol–water partition coefficient (Wildman–Crippen LogP) is 2.43. The number of carbonyl (C=O) groups is 2. The minimum absolute atomic E-state index is 0.148. The molecular weight excluding hydrogens is 380 g/mol. The molecule has 30 heavy (non-hydrogen) atoms. The molecule has 0 saturated heterocycles. The van der Waals surface area contributed by atoms with Gasteiger partial charge in [0.25, 0.3) is 5.91 Å². The molecule has 2 N–H and O–H groups in total. The Balaban J connectivity index is 1.48. The molecule has 4 rings (SSSR count). The van der Waals surface area contributed by atoms with Crippen LogP contribution in [-0.4, -0.2) is 48.7 Å². The van der Waals surface area contributed by atoms with Crippen molar-refractivity contribution < 1.29 is 14.3 Å². The van der Waals surface area contributed by atoms with Gasteiger partial charge in [-0.05, 0) is 41.8 Å². The molecule has 0 aromatic heterocycles. The fraction of sp³-hybridized carbons (Fsp3) is 0.261. The molecule has 0 saturated carbocycles. The van der Waals surface area contributed by atoms with Gasteiger partial charge in [-0.25, -0.2) is 0 Å². The highest BCUT2D eigenvalue weighted by Crippen LogP contribution is 2.27. The van der Waals surface area contributed by atoms with Crippen molar-refractivity contribution in [3.63, 3.8) is 0 Å². The molecule has 2 amide bonds. The summed E-state index contributed by atoms with van der Waals surface area (Å²) in [5, 5.41) is 6.01. The van der Waals surface area contributed by atoms with E-state index in [4.69, 9.17) is 10.5 Å². The number of rotatable bonds is 5. The van der Waals surface area contributed by atoms with Crippen LogP contribution in [0.2, 0.25) is 0 Å². The molecule has 0 spiro atoms. The fourth-order valence-corrected chi connectivity index (χ4v) is 3.78. The molecule has 2 heterocycles. The molecule has 154 valence electrons. The van der Waals surface area contributed by atoms with Crippen LogP contribution in [0.4, 0.5) is 5.69 Å². The molecule has 0 radical (unpaired) electrons. The van der Waals surface area contributed by atoms with Gasteiger partial charge in [-0.3, -0.25) is 14.6 Å². The van der Waals surface area contributed by atoms with Crippen molar-refractivity contribution in [3.8, 4) is 5.75 Å². The minimum atomic E-state index is -0.651. The van der Waals surface area contributed by atoms with E-state index in [-0.39, 0.29) is 12.3 Å². The third-order valence-corrected chi connectivity index (χ3v) is 5.46. The molecule has 7 heteroatoms. The Kier molecular flexibility index (Phi) is 5.52. The van der Waals surface area contributed by atoms with E-state index in [1.54, 1.807) is 17.0 Å². The van der Waals surface area contributed by atoms with Gasteiger partial charge < -0.3 is 15.4 Å². The Hall–Kier alpha value is -3.61. The monoisotopic (exact) mass is 404 g/mol. The number of methoxy groups -OCH3 is 1. The van der Waals surface area contributed by atoms with Crippen LogP contribution in [0.1, 0.15) is 18.4 Å². The number of benzene rings is 2. The van der Waals surface area contributed by atoms with Crippen molar-refractivity contribution in [2.75, 3.05) is 25.2 Å². The first-order valence-corrected chi connectivity index (χ1v) is 9.90. The van der Waals surface area contributed by atoms with Gasteiger partial charge in [0.15, 0.2) is 0 Å². The van der Waals surface area contributed by atoms with Crippen LogP contribution in [-0.2, 0) is 9.59 Å². The van der Waals surface area contributed by atoms with Crippen molar-refractivity contribution in [1.82, 2.24) is 4.90 Å². The van der Waals surface area contributed by atoms with E-state index < -0.39 is 11.9 Å². The lowest BCUT2D eigenvalue weighted by Gasteiger charge is -2.26. The molecule has 7 nitrogen and oxygen atoms in total. The zero-order valence-electron chi connectivity index (χ0n) is 16.8. The molecule has 1 unspecified atom stereocenters. The second-order valence-corrected chi connectivity index (χ2v) is 7.31. The number of hydrogen-bond donors (Lipinski definition) is 1. The normalized spacial score (nSPS) is 18.6. The zero-order valence-corrected chi connectivity index (χ0v) is 16.8. The third kappa shape index (κ3) is 3.91. The Labute approximate surface area is 175 Å². The molecule has 2 aliphatic heterocycles. The number of primary amides is 1. The number of ether oxygens (including phenoxy) is 1. The van der Waals surface area contributed by atoms with Crippen molar-refractivity contribution in [3.05, 3.63) is 66.2 Å². The van der Waals surface area contributed by atoms with E-state index in [2.05, 4.69) is 11.2 Å². The molecule has 2 aliphatic rings. The molecular formula is C23H24N4O3. The Morgan fingerprint density at radius 2 is 1.83 bits per heavy atom. The van der Waals surface area contributed by atoms with E-state index in [1.807, 2.05) is 54.6 Å².